The molecule has 3 aliphatic rings. The number of hydrogen-bond acceptors (Lipinski definition) is 3. The molecule has 3 nitrogen and oxygen atoms in total. The number of fused-ring (bicyclic) bond motifs is 1. The molecule has 0 radical (unpaired) electrons. The fourth-order valence-electron chi connectivity index (χ4n) is 3.90. The lowest BCUT2D eigenvalue weighted by atomic mass is 9.49. The third kappa shape index (κ3) is 3.27. The summed E-state index contributed by atoms with van der Waals surface area (Å²) in [6, 6.07) is 7.24. The maximum Gasteiger partial charge on any atom is 0.338 e. The van der Waals surface area contributed by atoms with Crippen LogP contribution in [0.1, 0.15) is 42.6 Å². The molecule has 23 heavy (non-hydrogen) atoms. The molecule has 0 N–H and O–H groups in total. The number of rotatable bonds is 5. The highest BCUT2D eigenvalue weighted by Crippen LogP contribution is 2.59. The van der Waals surface area contributed by atoms with Crippen LogP contribution in [-0.4, -0.2) is 23.0 Å². The van der Waals surface area contributed by atoms with Gasteiger partial charge < -0.3 is 4.74 Å². The van der Waals surface area contributed by atoms with Gasteiger partial charge in [0.1, 0.15) is 6.61 Å². The molecule has 0 saturated heterocycles. The lowest BCUT2D eigenvalue weighted by Crippen LogP contribution is -2.48. The molecule has 1 aromatic rings. The molecule has 124 valence electrons. The van der Waals surface area contributed by atoms with Gasteiger partial charge >= 0.3 is 5.97 Å². The summed E-state index contributed by atoms with van der Waals surface area (Å²) < 4.78 is 16.8. The molecule has 0 aliphatic heterocycles. The Bertz CT molecular complexity index is 675. The molecule has 4 rings (SSSR count). The van der Waals surface area contributed by atoms with Gasteiger partial charge in [-0.3, -0.25) is 4.21 Å². The van der Waals surface area contributed by atoms with Crippen LogP contribution >= 0.6 is 0 Å². The van der Waals surface area contributed by atoms with Crippen LogP contribution in [0.25, 0.3) is 0 Å². The van der Waals surface area contributed by atoms with Gasteiger partial charge in [0.15, 0.2) is 0 Å². The van der Waals surface area contributed by atoms with E-state index in [2.05, 4.69) is 19.9 Å². The van der Waals surface area contributed by atoms with Crippen molar-refractivity contribution in [1.82, 2.24) is 0 Å². The highest BCUT2D eigenvalue weighted by atomic mass is 32.2. The number of carbonyl (C=O) groups is 1. The van der Waals surface area contributed by atoms with Gasteiger partial charge in [-0.25, -0.2) is 4.79 Å². The van der Waals surface area contributed by atoms with Crippen LogP contribution in [0.4, 0.5) is 0 Å². The third-order valence-corrected chi connectivity index (χ3v) is 6.23. The van der Waals surface area contributed by atoms with E-state index in [4.69, 9.17) is 4.74 Å². The minimum atomic E-state index is -0.915. The van der Waals surface area contributed by atoms with E-state index in [1.807, 2.05) is 12.1 Å². The standard InChI is InChI=1S/C19H24O3S/c1-19(2)16-8-7-15(17(19)10-16)11-22-18(20)14-6-4-5-13(9-14)12-23(3)21/h4-7,9,16-17H,8,10-12H2,1-3H3/t16-,17-,23-/m0/s1. The molecule has 3 aliphatic carbocycles. The van der Waals surface area contributed by atoms with Crippen molar-refractivity contribution in [3.63, 3.8) is 0 Å². The average molecular weight is 332 g/mol. The number of allylic oxidation sites excluding steroid dienone is 1. The average Bonchev–Trinajstić information content (AvgIpc) is 2.52. The van der Waals surface area contributed by atoms with Crippen LogP contribution in [-0.2, 0) is 21.3 Å². The van der Waals surface area contributed by atoms with E-state index in [1.165, 1.54) is 12.0 Å². The van der Waals surface area contributed by atoms with Crippen LogP contribution in [0.15, 0.2) is 35.9 Å². The number of ether oxygens (including phenoxy) is 1. The van der Waals surface area contributed by atoms with E-state index >= 15 is 0 Å². The van der Waals surface area contributed by atoms with Crippen molar-refractivity contribution < 1.29 is 13.7 Å². The zero-order chi connectivity index (χ0) is 16.6. The first-order valence-corrected chi connectivity index (χ1v) is 9.85. The second kappa shape index (κ2) is 6.23. The van der Waals surface area contributed by atoms with Crippen molar-refractivity contribution in [2.24, 2.45) is 17.3 Å². The Hall–Kier alpha value is -1.42. The van der Waals surface area contributed by atoms with Crippen LogP contribution in [0.3, 0.4) is 0 Å². The molecule has 1 saturated carbocycles. The maximum atomic E-state index is 12.3. The molecule has 0 amide bonds. The smallest absolute Gasteiger partial charge is 0.338 e. The van der Waals surface area contributed by atoms with Gasteiger partial charge in [0.2, 0.25) is 0 Å². The van der Waals surface area contributed by atoms with Crippen LogP contribution in [0, 0.1) is 17.3 Å². The fraction of sp³-hybridized carbons (Fsp3) is 0.526. The Morgan fingerprint density at radius 3 is 2.83 bits per heavy atom. The van der Waals surface area contributed by atoms with E-state index < -0.39 is 10.8 Å². The number of carbonyl (C=O) groups excluding carboxylic acids is 1. The first kappa shape index (κ1) is 16.4. The summed E-state index contributed by atoms with van der Waals surface area (Å²) in [4.78, 5) is 12.3. The monoisotopic (exact) mass is 332 g/mol. The molecule has 0 heterocycles. The van der Waals surface area contributed by atoms with Crippen molar-refractivity contribution in [2.75, 3.05) is 12.9 Å². The molecular weight excluding hydrogens is 308 g/mol. The van der Waals surface area contributed by atoms with Crippen LogP contribution in [0.5, 0.6) is 0 Å². The summed E-state index contributed by atoms with van der Waals surface area (Å²) >= 11 is 0. The molecule has 0 aromatic heterocycles. The second-order valence-electron chi connectivity index (χ2n) is 7.32. The van der Waals surface area contributed by atoms with E-state index in [-0.39, 0.29) is 5.97 Å². The molecule has 1 aromatic carbocycles. The van der Waals surface area contributed by atoms with Gasteiger partial charge in [-0.05, 0) is 53.4 Å². The predicted molar refractivity (Wildman–Crippen MR) is 92.6 cm³/mol. The number of benzene rings is 1. The normalized spacial score (nSPS) is 26.0. The van der Waals surface area contributed by atoms with Gasteiger partial charge in [-0.15, -0.1) is 0 Å². The predicted octanol–water partition coefficient (Wildman–Crippen LogP) is 3.71. The highest BCUT2D eigenvalue weighted by molar-refractivity contribution is 7.83. The van der Waals surface area contributed by atoms with Crippen molar-refractivity contribution >= 4 is 16.8 Å². The van der Waals surface area contributed by atoms with Gasteiger partial charge in [-0.2, -0.15) is 0 Å². The van der Waals surface area contributed by atoms with Crippen LogP contribution < -0.4 is 0 Å². The van der Waals surface area contributed by atoms with Crippen molar-refractivity contribution in [2.45, 2.75) is 32.4 Å². The summed E-state index contributed by atoms with van der Waals surface area (Å²) in [5.41, 5.74) is 3.06. The summed E-state index contributed by atoms with van der Waals surface area (Å²) in [5, 5.41) is 0. The van der Waals surface area contributed by atoms with E-state index in [1.54, 1.807) is 18.4 Å². The number of hydrogen-bond donors (Lipinski definition) is 0. The van der Waals surface area contributed by atoms with Gasteiger partial charge in [0, 0.05) is 22.8 Å². The summed E-state index contributed by atoms with van der Waals surface area (Å²) in [6.07, 6.45) is 6.25. The van der Waals surface area contributed by atoms with Gasteiger partial charge in [-0.1, -0.05) is 32.1 Å². The van der Waals surface area contributed by atoms with Gasteiger partial charge in [0.05, 0.1) is 5.56 Å². The largest absolute Gasteiger partial charge is 0.458 e. The van der Waals surface area contributed by atoms with E-state index in [9.17, 15) is 9.00 Å². The minimum absolute atomic E-state index is 0.297. The fourth-order valence-corrected chi connectivity index (χ4v) is 4.54. The van der Waals surface area contributed by atoms with Crippen molar-refractivity contribution in [3.8, 4) is 0 Å². The zero-order valence-corrected chi connectivity index (χ0v) is 14.8. The van der Waals surface area contributed by atoms with Crippen molar-refractivity contribution in [3.05, 3.63) is 47.0 Å². The summed E-state index contributed by atoms with van der Waals surface area (Å²) in [6.45, 7) is 5.02. The summed E-state index contributed by atoms with van der Waals surface area (Å²) in [7, 11) is -0.915. The quantitative estimate of drug-likeness (QED) is 0.610. The Morgan fingerprint density at radius 1 is 1.39 bits per heavy atom. The molecule has 2 bridgehead atoms. The zero-order valence-electron chi connectivity index (χ0n) is 14.0. The first-order valence-electron chi connectivity index (χ1n) is 8.13. The number of esters is 1. The Labute approximate surface area is 140 Å². The molecule has 0 spiro atoms. The van der Waals surface area contributed by atoms with Crippen molar-refractivity contribution in [1.29, 1.82) is 0 Å². The lowest BCUT2D eigenvalue weighted by molar-refractivity contribution is -0.0155. The van der Waals surface area contributed by atoms with Crippen LogP contribution in [0.2, 0.25) is 0 Å². The highest BCUT2D eigenvalue weighted by Gasteiger charge is 2.51. The summed E-state index contributed by atoms with van der Waals surface area (Å²) in [5.74, 6) is 1.51. The molecule has 4 heteroatoms. The topological polar surface area (TPSA) is 43.4 Å². The third-order valence-electron chi connectivity index (χ3n) is 5.49. The maximum absolute atomic E-state index is 12.3. The van der Waals surface area contributed by atoms with Gasteiger partial charge in [0.25, 0.3) is 0 Å². The van der Waals surface area contributed by atoms with E-state index in [0.717, 1.165) is 17.9 Å². The molecular formula is C19H24O3S. The van der Waals surface area contributed by atoms with E-state index in [0.29, 0.717) is 29.3 Å². The Kier molecular flexibility index (Phi) is 4.45. The Balaban J connectivity index is 1.62. The minimum Gasteiger partial charge on any atom is -0.458 e. The lowest BCUT2D eigenvalue weighted by Gasteiger charge is -2.56. The first-order chi connectivity index (χ1) is 10.9. The molecule has 3 atom stereocenters. The second-order valence-corrected chi connectivity index (χ2v) is 8.75. The Morgan fingerprint density at radius 2 is 2.17 bits per heavy atom. The molecule has 1 fully saturated rings. The SMILES string of the molecule is C[S@](=O)Cc1cccc(C(=O)OCC2=CC[C@H]3C[C@@H]2C3(C)C)c1. The molecule has 0 unspecified atom stereocenters.